The van der Waals surface area contributed by atoms with Gasteiger partial charge in [0.15, 0.2) is 0 Å². The first kappa shape index (κ1) is 13.3. The fraction of sp³-hybridized carbons (Fsp3) is 0.0769. The van der Waals surface area contributed by atoms with Crippen molar-refractivity contribution in [2.45, 2.75) is 6.54 Å². The van der Waals surface area contributed by atoms with Crippen LogP contribution in [0.1, 0.15) is 15.9 Å². The quantitative estimate of drug-likeness (QED) is 0.799. The number of nitrogens with zero attached hydrogens (tertiary/aromatic N) is 1. The molecule has 0 atom stereocenters. The molecule has 0 saturated heterocycles. The summed E-state index contributed by atoms with van der Waals surface area (Å²) in [6.45, 7) is 0.439. The number of carbonyl (C=O) groups is 1. The Morgan fingerprint density at radius 1 is 1.42 bits per heavy atom. The first-order valence-corrected chi connectivity index (χ1v) is 5.93. The minimum absolute atomic E-state index is 0.0475. The van der Waals surface area contributed by atoms with Crippen LogP contribution in [0.4, 0.5) is 11.5 Å². The number of carboxylic acids is 1. The Bertz CT molecular complexity index is 617. The predicted molar refractivity (Wildman–Crippen MR) is 73.8 cm³/mol. The normalized spacial score (nSPS) is 10.2. The molecule has 1 heterocycles. The first-order valence-electron chi connectivity index (χ1n) is 5.55. The van der Waals surface area contributed by atoms with E-state index < -0.39 is 5.97 Å². The molecule has 0 radical (unpaired) electrons. The number of benzene rings is 1. The summed E-state index contributed by atoms with van der Waals surface area (Å²) in [5, 5.41) is 12.1. The fourth-order valence-electron chi connectivity index (χ4n) is 1.56. The summed E-state index contributed by atoms with van der Waals surface area (Å²) in [5.74, 6) is -0.660. The number of aromatic carboxylic acids is 1. The van der Waals surface area contributed by atoms with Crippen molar-refractivity contribution in [3.63, 3.8) is 0 Å². The van der Waals surface area contributed by atoms with E-state index in [1.165, 1.54) is 12.3 Å². The van der Waals surface area contributed by atoms with Crippen molar-refractivity contribution in [3.05, 3.63) is 52.7 Å². The van der Waals surface area contributed by atoms with Crippen molar-refractivity contribution in [3.8, 4) is 0 Å². The standard InChI is InChI=1S/C13H12ClN3O2/c14-11-5-9(13(18)19)7-16-12(11)17-10-3-1-2-8(4-10)6-15/h1-5,7H,6,15H2,(H,16,17)(H,18,19). The van der Waals surface area contributed by atoms with Gasteiger partial charge in [-0.25, -0.2) is 9.78 Å². The molecule has 2 aromatic rings. The lowest BCUT2D eigenvalue weighted by Gasteiger charge is -2.09. The average Bonchev–Trinajstić information content (AvgIpc) is 2.41. The largest absolute Gasteiger partial charge is 0.478 e. The minimum atomic E-state index is -1.06. The van der Waals surface area contributed by atoms with E-state index in [1.54, 1.807) is 0 Å². The van der Waals surface area contributed by atoms with Crippen LogP contribution in [0.2, 0.25) is 5.02 Å². The third-order valence-electron chi connectivity index (χ3n) is 2.51. The molecule has 0 spiro atoms. The molecule has 2 rings (SSSR count). The third-order valence-corrected chi connectivity index (χ3v) is 2.80. The zero-order chi connectivity index (χ0) is 13.8. The number of hydrogen-bond acceptors (Lipinski definition) is 4. The van der Waals surface area contributed by atoms with E-state index in [0.717, 1.165) is 11.3 Å². The van der Waals surface area contributed by atoms with Crippen molar-refractivity contribution in [2.24, 2.45) is 5.73 Å². The lowest BCUT2D eigenvalue weighted by molar-refractivity contribution is 0.0696. The second-order valence-electron chi connectivity index (χ2n) is 3.89. The molecule has 1 aromatic carbocycles. The predicted octanol–water partition coefficient (Wildman–Crippen LogP) is 2.64. The zero-order valence-corrected chi connectivity index (χ0v) is 10.7. The number of carboxylic acid groups (broad SMARTS) is 1. The molecular weight excluding hydrogens is 266 g/mol. The van der Waals surface area contributed by atoms with Crippen LogP contribution in [-0.4, -0.2) is 16.1 Å². The Hall–Kier alpha value is -2.11. The highest BCUT2D eigenvalue weighted by molar-refractivity contribution is 6.33. The maximum absolute atomic E-state index is 10.8. The van der Waals surface area contributed by atoms with Crippen LogP contribution in [0, 0.1) is 0 Å². The number of anilines is 2. The number of nitrogens with one attached hydrogen (secondary N) is 1. The number of rotatable bonds is 4. The number of aromatic nitrogens is 1. The highest BCUT2D eigenvalue weighted by Crippen LogP contribution is 2.24. The number of hydrogen-bond donors (Lipinski definition) is 3. The van der Waals surface area contributed by atoms with E-state index in [-0.39, 0.29) is 10.6 Å². The molecule has 0 saturated carbocycles. The van der Waals surface area contributed by atoms with Crippen molar-refractivity contribution >= 4 is 29.1 Å². The van der Waals surface area contributed by atoms with Crippen LogP contribution >= 0.6 is 11.6 Å². The van der Waals surface area contributed by atoms with Crippen LogP contribution in [0.25, 0.3) is 0 Å². The van der Waals surface area contributed by atoms with Gasteiger partial charge >= 0.3 is 5.97 Å². The van der Waals surface area contributed by atoms with Gasteiger partial charge in [0.05, 0.1) is 10.6 Å². The van der Waals surface area contributed by atoms with Gasteiger partial charge in [-0.3, -0.25) is 0 Å². The van der Waals surface area contributed by atoms with Crippen LogP contribution in [0.15, 0.2) is 36.5 Å². The van der Waals surface area contributed by atoms with Gasteiger partial charge in [-0.1, -0.05) is 23.7 Å². The maximum Gasteiger partial charge on any atom is 0.337 e. The first-order chi connectivity index (χ1) is 9.10. The second kappa shape index (κ2) is 5.69. The smallest absolute Gasteiger partial charge is 0.337 e. The molecule has 98 valence electrons. The Kier molecular flexibility index (Phi) is 3.99. The summed E-state index contributed by atoms with van der Waals surface area (Å²) in [6, 6.07) is 8.86. The van der Waals surface area contributed by atoms with Crippen molar-refractivity contribution in [1.29, 1.82) is 0 Å². The van der Waals surface area contributed by atoms with E-state index in [0.29, 0.717) is 12.4 Å². The van der Waals surface area contributed by atoms with Gasteiger partial charge < -0.3 is 16.2 Å². The SMILES string of the molecule is NCc1cccc(Nc2ncc(C(=O)O)cc2Cl)c1. The molecule has 6 heteroatoms. The van der Waals surface area contributed by atoms with E-state index in [9.17, 15) is 4.79 Å². The maximum atomic E-state index is 10.8. The van der Waals surface area contributed by atoms with Crippen LogP contribution in [0.3, 0.4) is 0 Å². The average molecular weight is 278 g/mol. The fourth-order valence-corrected chi connectivity index (χ4v) is 1.77. The second-order valence-corrected chi connectivity index (χ2v) is 4.30. The molecule has 0 aliphatic rings. The lowest BCUT2D eigenvalue weighted by Crippen LogP contribution is -2.01. The summed E-state index contributed by atoms with van der Waals surface area (Å²) < 4.78 is 0. The Labute approximate surface area is 115 Å². The van der Waals surface area contributed by atoms with Gasteiger partial charge in [-0.15, -0.1) is 0 Å². The van der Waals surface area contributed by atoms with Gasteiger partial charge in [0.25, 0.3) is 0 Å². The molecule has 1 aromatic heterocycles. The number of pyridine rings is 1. The van der Waals surface area contributed by atoms with Gasteiger partial charge in [-0.05, 0) is 23.8 Å². The highest BCUT2D eigenvalue weighted by atomic mass is 35.5. The molecule has 0 aliphatic heterocycles. The third kappa shape index (κ3) is 3.21. The molecule has 19 heavy (non-hydrogen) atoms. The molecule has 5 nitrogen and oxygen atoms in total. The summed E-state index contributed by atoms with van der Waals surface area (Å²) >= 11 is 5.98. The summed E-state index contributed by atoms with van der Waals surface area (Å²) in [5.41, 5.74) is 7.38. The molecule has 0 amide bonds. The van der Waals surface area contributed by atoms with Crippen LogP contribution in [-0.2, 0) is 6.54 Å². The molecule has 4 N–H and O–H groups in total. The Balaban J connectivity index is 2.25. The minimum Gasteiger partial charge on any atom is -0.478 e. The molecule has 0 bridgehead atoms. The topological polar surface area (TPSA) is 88.2 Å². The molecule has 0 unspecified atom stereocenters. The van der Waals surface area contributed by atoms with E-state index in [1.807, 2.05) is 24.3 Å². The molecule has 0 fully saturated rings. The van der Waals surface area contributed by atoms with E-state index in [2.05, 4.69) is 10.3 Å². The summed E-state index contributed by atoms with van der Waals surface area (Å²) in [6.07, 6.45) is 1.25. The lowest BCUT2D eigenvalue weighted by atomic mass is 10.2. The molecule has 0 aliphatic carbocycles. The molecular formula is C13H12ClN3O2. The highest BCUT2D eigenvalue weighted by Gasteiger charge is 2.08. The van der Waals surface area contributed by atoms with Crippen molar-refractivity contribution in [1.82, 2.24) is 4.98 Å². The van der Waals surface area contributed by atoms with Crippen LogP contribution in [0.5, 0.6) is 0 Å². The van der Waals surface area contributed by atoms with Crippen molar-refractivity contribution in [2.75, 3.05) is 5.32 Å². The monoisotopic (exact) mass is 277 g/mol. The summed E-state index contributed by atoms with van der Waals surface area (Å²) in [4.78, 5) is 14.8. The van der Waals surface area contributed by atoms with Crippen LogP contribution < -0.4 is 11.1 Å². The number of nitrogens with two attached hydrogens (primary N) is 1. The zero-order valence-electron chi connectivity index (χ0n) is 9.93. The van der Waals surface area contributed by atoms with Gasteiger partial charge in [0, 0.05) is 18.4 Å². The van der Waals surface area contributed by atoms with Gasteiger partial charge in [-0.2, -0.15) is 0 Å². The Morgan fingerprint density at radius 2 is 2.21 bits per heavy atom. The Morgan fingerprint density at radius 3 is 2.84 bits per heavy atom. The summed E-state index contributed by atoms with van der Waals surface area (Å²) in [7, 11) is 0. The number of halogens is 1. The van der Waals surface area contributed by atoms with Gasteiger partial charge in [0.1, 0.15) is 5.82 Å². The van der Waals surface area contributed by atoms with Gasteiger partial charge in [0.2, 0.25) is 0 Å². The van der Waals surface area contributed by atoms with Crippen molar-refractivity contribution < 1.29 is 9.90 Å². The van der Waals surface area contributed by atoms with E-state index >= 15 is 0 Å². The van der Waals surface area contributed by atoms with E-state index in [4.69, 9.17) is 22.4 Å².